The van der Waals surface area contributed by atoms with Gasteiger partial charge >= 0.3 is 6.03 Å². The van der Waals surface area contributed by atoms with Gasteiger partial charge in [0.2, 0.25) is 0 Å². The molecule has 1 aliphatic rings. The number of anilines is 1. The molecule has 0 radical (unpaired) electrons. The number of benzene rings is 2. The second-order valence-corrected chi connectivity index (χ2v) is 6.35. The summed E-state index contributed by atoms with van der Waals surface area (Å²) in [7, 11) is 0. The van der Waals surface area contributed by atoms with Gasteiger partial charge in [0.1, 0.15) is 17.9 Å². The normalized spacial score (nSPS) is 15.6. The highest BCUT2D eigenvalue weighted by Gasteiger charge is 2.37. The molecule has 3 rings (SSSR count). The van der Waals surface area contributed by atoms with Gasteiger partial charge in [-0.25, -0.2) is 9.69 Å². The van der Waals surface area contributed by atoms with Crippen LogP contribution >= 0.6 is 0 Å². The largest absolute Gasteiger partial charge is 0.490 e. The van der Waals surface area contributed by atoms with E-state index >= 15 is 0 Å². The van der Waals surface area contributed by atoms with Gasteiger partial charge in [-0.15, -0.1) is 0 Å². The Labute approximate surface area is 163 Å². The Morgan fingerprint density at radius 2 is 1.79 bits per heavy atom. The van der Waals surface area contributed by atoms with Crippen LogP contribution in [0.15, 0.2) is 60.7 Å². The van der Waals surface area contributed by atoms with Crippen LogP contribution in [0.3, 0.4) is 0 Å². The Balaban J connectivity index is 1.94. The molecular formula is C22H20N2O4. The number of rotatable bonds is 5. The van der Waals surface area contributed by atoms with E-state index in [0.717, 1.165) is 16.0 Å². The molecule has 1 N–H and O–H groups in total. The number of nitrogens with one attached hydrogen (secondary N) is 1. The van der Waals surface area contributed by atoms with Crippen molar-refractivity contribution in [3.63, 3.8) is 0 Å². The first-order valence-corrected chi connectivity index (χ1v) is 8.74. The monoisotopic (exact) mass is 376 g/mol. The molecule has 1 aliphatic heterocycles. The van der Waals surface area contributed by atoms with Crippen molar-refractivity contribution in [3.8, 4) is 5.75 Å². The van der Waals surface area contributed by atoms with E-state index in [4.69, 9.17) is 4.74 Å². The highest BCUT2D eigenvalue weighted by molar-refractivity contribution is 6.39. The average molecular weight is 376 g/mol. The van der Waals surface area contributed by atoms with Gasteiger partial charge in [0.25, 0.3) is 11.8 Å². The van der Waals surface area contributed by atoms with E-state index in [0.29, 0.717) is 23.6 Å². The predicted molar refractivity (Wildman–Crippen MR) is 107 cm³/mol. The Bertz CT molecular complexity index is 990. The SMILES string of the molecule is C=CCOc1ccc(/C=C2\C(=O)NC(=O)N(c3cccc(C)c3C)C2=O)cc1. The molecule has 1 fully saturated rings. The van der Waals surface area contributed by atoms with Gasteiger partial charge in [-0.1, -0.05) is 36.9 Å². The topological polar surface area (TPSA) is 75.7 Å². The first kappa shape index (κ1) is 19.1. The van der Waals surface area contributed by atoms with E-state index < -0.39 is 17.8 Å². The summed E-state index contributed by atoms with van der Waals surface area (Å²) < 4.78 is 5.42. The first-order valence-electron chi connectivity index (χ1n) is 8.74. The number of carbonyl (C=O) groups excluding carboxylic acids is 3. The third kappa shape index (κ3) is 3.71. The Morgan fingerprint density at radius 3 is 2.46 bits per heavy atom. The van der Waals surface area contributed by atoms with Crippen LogP contribution in [0, 0.1) is 13.8 Å². The molecule has 0 spiro atoms. The molecule has 1 saturated heterocycles. The molecule has 142 valence electrons. The Morgan fingerprint density at radius 1 is 1.07 bits per heavy atom. The standard InChI is InChI=1S/C22H20N2O4/c1-4-12-28-17-10-8-16(9-11-17)13-18-20(25)23-22(27)24(21(18)26)19-7-5-6-14(2)15(19)3/h4-11,13H,1,12H2,2-3H3,(H,23,25,27)/b18-13+. The van der Waals surface area contributed by atoms with E-state index in [-0.39, 0.29) is 5.57 Å². The number of hydrogen-bond donors (Lipinski definition) is 1. The Hall–Kier alpha value is -3.67. The third-order valence-corrected chi connectivity index (χ3v) is 4.48. The van der Waals surface area contributed by atoms with Gasteiger partial charge in [-0.05, 0) is 54.8 Å². The maximum absolute atomic E-state index is 13.0. The van der Waals surface area contributed by atoms with Crippen LogP contribution in [0.5, 0.6) is 5.75 Å². The molecule has 6 nitrogen and oxygen atoms in total. The maximum atomic E-state index is 13.0. The minimum absolute atomic E-state index is 0.111. The number of amides is 4. The molecule has 2 aromatic carbocycles. The van der Waals surface area contributed by atoms with E-state index in [1.54, 1.807) is 42.5 Å². The molecule has 0 aromatic heterocycles. The number of barbiturate groups is 1. The molecular weight excluding hydrogens is 356 g/mol. The van der Waals surface area contributed by atoms with E-state index in [1.807, 2.05) is 19.9 Å². The van der Waals surface area contributed by atoms with Crippen molar-refractivity contribution in [1.82, 2.24) is 5.32 Å². The van der Waals surface area contributed by atoms with Gasteiger partial charge in [-0.3, -0.25) is 14.9 Å². The van der Waals surface area contributed by atoms with Gasteiger partial charge in [0.05, 0.1) is 5.69 Å². The molecule has 0 atom stereocenters. The average Bonchev–Trinajstić information content (AvgIpc) is 2.67. The van der Waals surface area contributed by atoms with Crippen LogP contribution < -0.4 is 15.0 Å². The van der Waals surface area contributed by atoms with Crippen molar-refractivity contribution in [2.24, 2.45) is 0 Å². The van der Waals surface area contributed by atoms with Crippen LogP contribution in [0.2, 0.25) is 0 Å². The van der Waals surface area contributed by atoms with Crippen molar-refractivity contribution < 1.29 is 19.1 Å². The van der Waals surface area contributed by atoms with E-state index in [1.165, 1.54) is 6.08 Å². The van der Waals surface area contributed by atoms with Gasteiger partial charge in [-0.2, -0.15) is 0 Å². The maximum Gasteiger partial charge on any atom is 0.335 e. The molecule has 4 amide bonds. The molecule has 28 heavy (non-hydrogen) atoms. The molecule has 0 unspecified atom stereocenters. The van der Waals surface area contributed by atoms with Crippen LogP contribution in [0.4, 0.5) is 10.5 Å². The van der Waals surface area contributed by atoms with Gasteiger partial charge in [0, 0.05) is 0 Å². The van der Waals surface area contributed by atoms with Gasteiger partial charge in [0.15, 0.2) is 0 Å². The summed E-state index contributed by atoms with van der Waals surface area (Å²) in [5.41, 5.74) is 2.72. The molecule has 0 bridgehead atoms. The first-order chi connectivity index (χ1) is 13.4. The zero-order valence-electron chi connectivity index (χ0n) is 15.7. The molecule has 1 heterocycles. The quantitative estimate of drug-likeness (QED) is 0.492. The highest BCUT2D eigenvalue weighted by Crippen LogP contribution is 2.27. The zero-order valence-corrected chi connectivity index (χ0v) is 15.7. The molecule has 0 saturated carbocycles. The fourth-order valence-corrected chi connectivity index (χ4v) is 2.84. The summed E-state index contributed by atoms with van der Waals surface area (Å²) in [6.07, 6.45) is 3.10. The lowest BCUT2D eigenvalue weighted by Gasteiger charge is -2.28. The number of aryl methyl sites for hydroxylation is 1. The number of nitrogens with zero attached hydrogens (tertiary/aromatic N) is 1. The summed E-state index contributed by atoms with van der Waals surface area (Å²) in [6.45, 7) is 7.69. The van der Waals surface area contributed by atoms with Crippen LogP contribution in [-0.2, 0) is 9.59 Å². The van der Waals surface area contributed by atoms with Crippen molar-refractivity contribution in [2.75, 3.05) is 11.5 Å². The highest BCUT2D eigenvalue weighted by atomic mass is 16.5. The minimum atomic E-state index is -0.756. The zero-order chi connectivity index (χ0) is 20.3. The second kappa shape index (κ2) is 7.92. The number of hydrogen-bond acceptors (Lipinski definition) is 4. The lowest BCUT2D eigenvalue weighted by molar-refractivity contribution is -0.122. The summed E-state index contributed by atoms with van der Waals surface area (Å²) in [6, 6.07) is 11.5. The van der Waals surface area contributed by atoms with E-state index in [9.17, 15) is 14.4 Å². The minimum Gasteiger partial charge on any atom is -0.490 e. The fraction of sp³-hybridized carbons (Fsp3) is 0.136. The predicted octanol–water partition coefficient (Wildman–Crippen LogP) is 3.53. The summed E-state index contributed by atoms with van der Waals surface area (Å²) in [5, 5.41) is 2.24. The molecule has 0 aliphatic carbocycles. The number of imide groups is 2. The van der Waals surface area contributed by atoms with Gasteiger partial charge < -0.3 is 4.74 Å². The van der Waals surface area contributed by atoms with E-state index in [2.05, 4.69) is 11.9 Å². The van der Waals surface area contributed by atoms with Crippen LogP contribution in [0.25, 0.3) is 6.08 Å². The molecule has 6 heteroatoms. The lowest BCUT2D eigenvalue weighted by Crippen LogP contribution is -2.54. The number of urea groups is 1. The second-order valence-electron chi connectivity index (χ2n) is 6.35. The van der Waals surface area contributed by atoms with Crippen molar-refractivity contribution in [3.05, 3.63) is 77.4 Å². The van der Waals surface area contributed by atoms with Crippen molar-refractivity contribution >= 4 is 29.6 Å². The fourth-order valence-electron chi connectivity index (χ4n) is 2.84. The van der Waals surface area contributed by atoms with Crippen LogP contribution in [0.1, 0.15) is 16.7 Å². The number of carbonyl (C=O) groups is 3. The lowest BCUT2D eigenvalue weighted by atomic mass is 10.0. The summed E-state index contributed by atoms with van der Waals surface area (Å²) >= 11 is 0. The molecule has 2 aromatic rings. The van der Waals surface area contributed by atoms with Crippen molar-refractivity contribution in [1.29, 1.82) is 0 Å². The third-order valence-electron chi connectivity index (χ3n) is 4.48. The smallest absolute Gasteiger partial charge is 0.335 e. The summed E-state index contributed by atoms with van der Waals surface area (Å²) in [5.74, 6) is -0.730. The summed E-state index contributed by atoms with van der Waals surface area (Å²) in [4.78, 5) is 38.6. The number of ether oxygens (including phenoxy) is 1. The van der Waals surface area contributed by atoms with Crippen molar-refractivity contribution in [2.45, 2.75) is 13.8 Å². The van der Waals surface area contributed by atoms with Crippen LogP contribution in [-0.4, -0.2) is 24.5 Å². The Kier molecular flexibility index (Phi) is 5.40.